The normalized spacial score (nSPS) is 25.2. The van der Waals surface area contributed by atoms with Gasteiger partial charge >= 0.3 is 0 Å². The van der Waals surface area contributed by atoms with Crippen LogP contribution in [0.15, 0.2) is 24.3 Å². The molecule has 0 spiro atoms. The van der Waals surface area contributed by atoms with Crippen molar-refractivity contribution in [3.8, 4) is 0 Å². The maximum atomic E-state index is 11.6. The molecule has 0 aliphatic carbocycles. The number of benzene rings is 1. The van der Waals surface area contributed by atoms with Crippen molar-refractivity contribution in [2.75, 3.05) is 11.5 Å². The van der Waals surface area contributed by atoms with Gasteiger partial charge in [0.2, 0.25) is 0 Å². The SMILES string of the molecule is CC(C)Cc1ccc(CNC2(C)CCS(=O)(=O)C2)cc1. The molecule has 3 nitrogen and oxygen atoms in total. The first kappa shape index (κ1) is 15.5. The molecule has 1 aromatic carbocycles. The molecule has 4 heteroatoms. The average molecular weight is 295 g/mol. The molecular weight excluding hydrogens is 270 g/mol. The smallest absolute Gasteiger partial charge is 0.152 e. The van der Waals surface area contributed by atoms with Crippen LogP contribution in [0, 0.1) is 5.92 Å². The number of rotatable bonds is 5. The van der Waals surface area contributed by atoms with Gasteiger partial charge < -0.3 is 5.32 Å². The van der Waals surface area contributed by atoms with E-state index in [2.05, 4.69) is 43.4 Å². The summed E-state index contributed by atoms with van der Waals surface area (Å²) < 4.78 is 23.1. The number of hydrogen-bond acceptors (Lipinski definition) is 3. The molecule has 0 amide bonds. The standard InChI is InChI=1S/C16H25NO2S/c1-13(2)10-14-4-6-15(7-5-14)11-17-16(3)8-9-20(18,19)12-16/h4-7,13,17H,8-12H2,1-3H3. The fraction of sp³-hybridized carbons (Fsp3) is 0.625. The van der Waals surface area contributed by atoms with Gasteiger partial charge in [0.25, 0.3) is 0 Å². The zero-order valence-electron chi connectivity index (χ0n) is 12.6. The van der Waals surface area contributed by atoms with Gasteiger partial charge in [0.15, 0.2) is 9.84 Å². The van der Waals surface area contributed by atoms with Crippen molar-refractivity contribution in [1.82, 2.24) is 5.32 Å². The predicted octanol–water partition coefficient (Wildman–Crippen LogP) is 2.55. The fourth-order valence-corrected chi connectivity index (χ4v) is 4.85. The fourth-order valence-electron chi connectivity index (χ4n) is 2.73. The lowest BCUT2D eigenvalue weighted by Crippen LogP contribution is -2.42. The van der Waals surface area contributed by atoms with Gasteiger partial charge in [0, 0.05) is 12.1 Å². The lowest BCUT2D eigenvalue weighted by molar-refractivity contribution is 0.395. The molecule has 0 bridgehead atoms. The highest BCUT2D eigenvalue weighted by molar-refractivity contribution is 7.91. The van der Waals surface area contributed by atoms with Crippen LogP contribution in [-0.2, 0) is 22.8 Å². The third kappa shape index (κ3) is 4.32. The van der Waals surface area contributed by atoms with E-state index >= 15 is 0 Å². The molecule has 1 atom stereocenters. The molecule has 1 aromatic rings. The van der Waals surface area contributed by atoms with Gasteiger partial charge in [-0.15, -0.1) is 0 Å². The molecule has 1 heterocycles. The molecular formula is C16H25NO2S. The minimum absolute atomic E-state index is 0.255. The van der Waals surface area contributed by atoms with E-state index in [9.17, 15) is 8.42 Å². The second-order valence-electron chi connectivity index (χ2n) is 6.67. The minimum Gasteiger partial charge on any atom is -0.306 e. The third-order valence-corrected chi connectivity index (χ3v) is 5.79. The minimum atomic E-state index is -2.84. The van der Waals surface area contributed by atoms with Crippen LogP contribution in [0.1, 0.15) is 38.3 Å². The lowest BCUT2D eigenvalue weighted by atomic mass is 10.00. The van der Waals surface area contributed by atoms with E-state index in [1.165, 1.54) is 11.1 Å². The largest absolute Gasteiger partial charge is 0.306 e. The summed E-state index contributed by atoms with van der Waals surface area (Å²) in [4.78, 5) is 0. The first-order valence-electron chi connectivity index (χ1n) is 7.31. The van der Waals surface area contributed by atoms with Crippen molar-refractivity contribution in [1.29, 1.82) is 0 Å². The van der Waals surface area contributed by atoms with Crippen LogP contribution in [-0.4, -0.2) is 25.5 Å². The van der Waals surface area contributed by atoms with Gasteiger partial charge in [-0.2, -0.15) is 0 Å². The topological polar surface area (TPSA) is 46.2 Å². The van der Waals surface area contributed by atoms with Crippen LogP contribution in [0.4, 0.5) is 0 Å². The Kier molecular flexibility index (Phi) is 4.55. The summed E-state index contributed by atoms with van der Waals surface area (Å²) in [5.41, 5.74) is 2.30. The Hall–Kier alpha value is -0.870. The van der Waals surface area contributed by atoms with Gasteiger partial charge in [-0.3, -0.25) is 0 Å². The van der Waals surface area contributed by atoms with E-state index in [-0.39, 0.29) is 11.3 Å². The van der Waals surface area contributed by atoms with Gasteiger partial charge in [-0.05, 0) is 36.8 Å². The van der Waals surface area contributed by atoms with E-state index in [4.69, 9.17) is 0 Å². The Balaban J connectivity index is 1.91. The molecule has 0 radical (unpaired) electrons. The van der Waals surface area contributed by atoms with Gasteiger partial charge in [-0.25, -0.2) is 8.42 Å². The summed E-state index contributed by atoms with van der Waals surface area (Å²) in [5.74, 6) is 1.23. The highest BCUT2D eigenvalue weighted by Crippen LogP contribution is 2.23. The molecule has 1 fully saturated rings. The maximum absolute atomic E-state index is 11.6. The third-order valence-electron chi connectivity index (χ3n) is 3.89. The summed E-state index contributed by atoms with van der Waals surface area (Å²) in [6, 6.07) is 8.62. The van der Waals surface area contributed by atoms with E-state index in [1.54, 1.807) is 0 Å². The van der Waals surface area contributed by atoms with Crippen LogP contribution in [0.5, 0.6) is 0 Å². The van der Waals surface area contributed by atoms with Crippen molar-refractivity contribution in [3.63, 3.8) is 0 Å². The molecule has 2 rings (SSSR count). The zero-order valence-corrected chi connectivity index (χ0v) is 13.5. The molecule has 20 heavy (non-hydrogen) atoms. The molecule has 0 saturated carbocycles. The van der Waals surface area contributed by atoms with E-state index in [0.717, 1.165) is 13.0 Å². The number of nitrogens with one attached hydrogen (secondary N) is 1. The predicted molar refractivity (Wildman–Crippen MR) is 83.5 cm³/mol. The molecule has 1 unspecified atom stereocenters. The quantitative estimate of drug-likeness (QED) is 0.908. The van der Waals surface area contributed by atoms with Crippen LogP contribution in [0.3, 0.4) is 0 Å². The summed E-state index contributed by atoms with van der Waals surface area (Å²) in [6.45, 7) is 7.17. The molecule has 1 aliphatic rings. The second-order valence-corrected chi connectivity index (χ2v) is 8.85. The highest BCUT2D eigenvalue weighted by atomic mass is 32.2. The average Bonchev–Trinajstić information content (AvgIpc) is 2.63. The van der Waals surface area contributed by atoms with Crippen molar-refractivity contribution >= 4 is 9.84 Å². The maximum Gasteiger partial charge on any atom is 0.152 e. The molecule has 1 N–H and O–H groups in total. The molecule has 1 saturated heterocycles. The lowest BCUT2D eigenvalue weighted by Gasteiger charge is -2.24. The van der Waals surface area contributed by atoms with E-state index in [0.29, 0.717) is 18.1 Å². The van der Waals surface area contributed by atoms with Gasteiger partial charge in [0.1, 0.15) is 0 Å². The number of sulfone groups is 1. The van der Waals surface area contributed by atoms with Gasteiger partial charge in [0.05, 0.1) is 11.5 Å². The second kappa shape index (κ2) is 5.86. The summed E-state index contributed by atoms with van der Waals surface area (Å²) in [7, 11) is -2.84. The van der Waals surface area contributed by atoms with Crippen molar-refractivity contribution < 1.29 is 8.42 Å². The molecule has 1 aliphatic heterocycles. The molecule has 112 valence electrons. The van der Waals surface area contributed by atoms with Crippen molar-refractivity contribution in [2.24, 2.45) is 5.92 Å². The summed E-state index contributed by atoms with van der Waals surface area (Å²) in [5, 5.41) is 3.41. The van der Waals surface area contributed by atoms with Crippen molar-refractivity contribution in [3.05, 3.63) is 35.4 Å². The summed E-state index contributed by atoms with van der Waals surface area (Å²) in [6.07, 6.45) is 1.81. The summed E-state index contributed by atoms with van der Waals surface area (Å²) >= 11 is 0. The van der Waals surface area contributed by atoms with Crippen LogP contribution >= 0.6 is 0 Å². The Labute approximate surface area is 122 Å². The Morgan fingerprint density at radius 3 is 2.30 bits per heavy atom. The van der Waals surface area contributed by atoms with E-state index in [1.807, 2.05) is 6.92 Å². The van der Waals surface area contributed by atoms with Crippen LogP contribution in [0.25, 0.3) is 0 Å². The Morgan fingerprint density at radius 1 is 1.20 bits per heavy atom. The van der Waals surface area contributed by atoms with Crippen molar-refractivity contribution in [2.45, 2.75) is 45.7 Å². The number of hydrogen-bond donors (Lipinski definition) is 1. The van der Waals surface area contributed by atoms with E-state index < -0.39 is 9.84 Å². The Bertz CT molecular complexity index is 548. The monoisotopic (exact) mass is 295 g/mol. The first-order chi connectivity index (χ1) is 9.28. The zero-order chi connectivity index (χ0) is 14.8. The van der Waals surface area contributed by atoms with Crippen LogP contribution < -0.4 is 5.32 Å². The Morgan fingerprint density at radius 2 is 1.80 bits per heavy atom. The molecule has 0 aromatic heterocycles. The highest BCUT2D eigenvalue weighted by Gasteiger charge is 2.37. The van der Waals surface area contributed by atoms with Gasteiger partial charge in [-0.1, -0.05) is 38.1 Å². The van der Waals surface area contributed by atoms with Crippen LogP contribution in [0.2, 0.25) is 0 Å². The first-order valence-corrected chi connectivity index (χ1v) is 9.13.